The van der Waals surface area contributed by atoms with Gasteiger partial charge in [-0.3, -0.25) is 19.7 Å². The Morgan fingerprint density at radius 3 is 2.67 bits per heavy atom. The molecule has 12 nitrogen and oxygen atoms in total. The Morgan fingerprint density at radius 2 is 2.03 bits per heavy atom. The van der Waals surface area contributed by atoms with Crippen molar-refractivity contribution < 1.29 is 18.1 Å². The van der Waals surface area contributed by atoms with Crippen molar-refractivity contribution in [3.63, 3.8) is 0 Å². The molecular weight excluding hydrogens is 456 g/mol. The number of nitrogen functional groups attached to an aromatic ring is 1. The molecule has 0 aliphatic rings. The second-order valence-electron chi connectivity index (χ2n) is 5.55. The first-order chi connectivity index (χ1) is 14.1. The van der Waals surface area contributed by atoms with Crippen LogP contribution in [0.2, 0.25) is 0 Å². The number of nitro groups is 1. The van der Waals surface area contributed by atoms with Gasteiger partial charge in [-0.15, -0.1) is 0 Å². The maximum Gasteiger partial charge on any atom is 0.269 e. The lowest BCUT2D eigenvalue weighted by atomic mass is 10.3. The van der Waals surface area contributed by atoms with Crippen LogP contribution in [0, 0.1) is 10.1 Å². The number of thiazole rings is 1. The van der Waals surface area contributed by atoms with Crippen molar-refractivity contribution >= 4 is 55.5 Å². The van der Waals surface area contributed by atoms with Crippen LogP contribution in [0.3, 0.4) is 0 Å². The smallest absolute Gasteiger partial charge is 0.269 e. The zero-order valence-corrected chi connectivity index (χ0v) is 17.2. The summed E-state index contributed by atoms with van der Waals surface area (Å²) in [5, 5.41) is 13.4. The number of sulfone groups is 1. The molecule has 0 spiro atoms. The minimum absolute atomic E-state index is 0.0164. The van der Waals surface area contributed by atoms with Crippen molar-refractivity contribution in [2.45, 2.75) is 14.3 Å². The number of non-ortho nitro benzene ring substituents is 1. The molecule has 0 bridgehead atoms. The van der Waals surface area contributed by atoms with Gasteiger partial charge in [0.1, 0.15) is 10.0 Å². The van der Waals surface area contributed by atoms with E-state index in [9.17, 15) is 28.1 Å². The number of anilines is 2. The number of nitrogens with one attached hydrogen (secondary N) is 2. The number of hydrogen-bond donors (Lipinski definition) is 3. The molecule has 4 N–H and O–H groups in total. The average Bonchev–Trinajstić information content (AvgIpc) is 3.15. The molecule has 0 fully saturated rings. The summed E-state index contributed by atoms with van der Waals surface area (Å²) in [6.45, 7) is 0. The number of benzene rings is 1. The van der Waals surface area contributed by atoms with E-state index in [1.54, 1.807) is 0 Å². The highest BCUT2D eigenvalue weighted by molar-refractivity contribution is 7.99. The third kappa shape index (κ3) is 5.00. The van der Waals surface area contributed by atoms with Crippen LogP contribution >= 0.6 is 23.1 Å². The summed E-state index contributed by atoms with van der Waals surface area (Å²) in [7, 11) is -3.95. The number of aromatic amines is 1. The predicted octanol–water partition coefficient (Wildman–Crippen LogP) is 1.28. The fraction of sp³-hybridized carbons (Fsp3) is 0.0667. The number of rotatable bonds is 7. The lowest BCUT2D eigenvalue weighted by Gasteiger charge is -2.02. The first-order valence-electron chi connectivity index (χ1n) is 7.90. The van der Waals surface area contributed by atoms with Crippen LogP contribution in [-0.2, 0) is 14.6 Å². The van der Waals surface area contributed by atoms with Gasteiger partial charge >= 0.3 is 0 Å². The summed E-state index contributed by atoms with van der Waals surface area (Å²) in [6, 6.07) is 5.53. The maximum atomic E-state index is 12.6. The SMILES string of the molecule is Nc1cc(=O)[nH]c(SCC(=O)Nc2ncc(S(=O)(=O)c3ccc([N+](=O)[O-])cc3)s2)n1. The summed E-state index contributed by atoms with van der Waals surface area (Å²) in [6.07, 6.45) is 1.08. The number of nitrogens with two attached hydrogens (primary N) is 1. The molecule has 0 aliphatic heterocycles. The van der Waals surface area contributed by atoms with Crippen LogP contribution in [0.5, 0.6) is 0 Å². The largest absolute Gasteiger partial charge is 0.383 e. The number of carbonyl (C=O) groups excluding carboxylic acids is 1. The molecule has 0 unspecified atom stereocenters. The number of nitrogens with zero attached hydrogens (tertiary/aromatic N) is 3. The quantitative estimate of drug-likeness (QED) is 0.197. The van der Waals surface area contributed by atoms with Crippen LogP contribution in [-0.4, -0.2) is 40.0 Å². The van der Waals surface area contributed by atoms with Gasteiger partial charge < -0.3 is 16.0 Å². The van der Waals surface area contributed by atoms with Crippen molar-refractivity contribution in [1.29, 1.82) is 0 Å². The van der Waals surface area contributed by atoms with E-state index in [-0.39, 0.29) is 36.7 Å². The number of hydrogen-bond acceptors (Lipinski definition) is 11. The van der Waals surface area contributed by atoms with E-state index in [0.717, 1.165) is 59.6 Å². The molecule has 0 aliphatic carbocycles. The first kappa shape index (κ1) is 21.4. The summed E-state index contributed by atoms with van der Waals surface area (Å²) < 4.78 is 25.1. The molecule has 1 amide bonds. The molecule has 0 saturated heterocycles. The second kappa shape index (κ2) is 8.60. The van der Waals surface area contributed by atoms with E-state index < -0.39 is 26.2 Å². The van der Waals surface area contributed by atoms with Gasteiger partial charge in [-0.1, -0.05) is 23.1 Å². The highest BCUT2D eigenvalue weighted by atomic mass is 32.2. The van der Waals surface area contributed by atoms with Gasteiger partial charge in [0.15, 0.2) is 10.3 Å². The Hall–Kier alpha value is -3.30. The van der Waals surface area contributed by atoms with Crippen LogP contribution in [0.15, 0.2) is 55.6 Å². The topological polar surface area (TPSA) is 191 Å². The molecule has 156 valence electrons. The van der Waals surface area contributed by atoms with Crippen molar-refractivity contribution in [3.05, 3.63) is 57.0 Å². The lowest BCUT2D eigenvalue weighted by Crippen LogP contribution is -2.15. The normalized spacial score (nSPS) is 11.2. The van der Waals surface area contributed by atoms with E-state index in [4.69, 9.17) is 5.73 Å². The summed E-state index contributed by atoms with van der Waals surface area (Å²) >= 11 is 1.67. The Balaban J connectivity index is 1.67. The Bertz CT molecular complexity index is 1270. The summed E-state index contributed by atoms with van der Waals surface area (Å²) in [4.78, 5) is 43.5. The van der Waals surface area contributed by atoms with Gasteiger partial charge in [0.25, 0.3) is 11.2 Å². The Morgan fingerprint density at radius 1 is 1.33 bits per heavy atom. The number of H-pyrrole nitrogens is 1. The van der Waals surface area contributed by atoms with Crippen LogP contribution < -0.4 is 16.6 Å². The van der Waals surface area contributed by atoms with E-state index in [1.165, 1.54) is 0 Å². The molecule has 15 heteroatoms. The number of amides is 1. The maximum absolute atomic E-state index is 12.6. The monoisotopic (exact) mass is 468 g/mol. The molecule has 30 heavy (non-hydrogen) atoms. The molecule has 3 rings (SSSR count). The van der Waals surface area contributed by atoms with E-state index in [1.807, 2.05) is 0 Å². The van der Waals surface area contributed by atoms with Gasteiger partial charge in [-0.2, -0.15) is 0 Å². The highest BCUT2D eigenvalue weighted by Gasteiger charge is 2.22. The van der Waals surface area contributed by atoms with Crippen LogP contribution in [0.25, 0.3) is 0 Å². The number of aromatic nitrogens is 3. The zero-order chi connectivity index (χ0) is 21.9. The van der Waals surface area contributed by atoms with Gasteiger partial charge in [0, 0.05) is 18.2 Å². The molecular formula is C15H12N6O6S3. The van der Waals surface area contributed by atoms with Crippen molar-refractivity contribution in [2.75, 3.05) is 16.8 Å². The van der Waals surface area contributed by atoms with Crippen LogP contribution in [0.1, 0.15) is 0 Å². The van der Waals surface area contributed by atoms with Gasteiger partial charge in [0.05, 0.1) is 21.8 Å². The molecule has 0 atom stereocenters. The molecule has 1 aromatic carbocycles. The minimum atomic E-state index is -3.95. The van der Waals surface area contributed by atoms with Gasteiger partial charge in [0.2, 0.25) is 15.7 Å². The fourth-order valence-corrected chi connectivity index (χ4v) is 5.25. The fourth-order valence-electron chi connectivity index (χ4n) is 2.12. The average molecular weight is 468 g/mol. The highest BCUT2D eigenvalue weighted by Crippen LogP contribution is 2.29. The van der Waals surface area contributed by atoms with Gasteiger partial charge in [-0.25, -0.2) is 18.4 Å². The summed E-state index contributed by atoms with van der Waals surface area (Å²) in [5.41, 5.74) is 4.77. The Kier molecular flexibility index (Phi) is 6.14. The number of nitro benzene ring substituents is 1. The predicted molar refractivity (Wildman–Crippen MR) is 109 cm³/mol. The first-order valence-corrected chi connectivity index (χ1v) is 11.2. The second-order valence-corrected chi connectivity index (χ2v) is 9.72. The standard InChI is InChI=1S/C15H12N6O6S3/c16-10-5-11(22)19-15(18-10)28-7-12(23)20-14-17-6-13(29-14)30(26,27)9-3-1-8(2-4-9)21(24)25/h1-6H,7H2,(H,17,20,23)(H3,16,18,19,22). The van der Waals surface area contributed by atoms with E-state index in [0.29, 0.717) is 0 Å². The summed E-state index contributed by atoms with van der Waals surface area (Å²) in [5.74, 6) is -0.613. The number of thioether (sulfide) groups is 1. The van der Waals surface area contributed by atoms with E-state index >= 15 is 0 Å². The van der Waals surface area contributed by atoms with Crippen LogP contribution in [0.4, 0.5) is 16.6 Å². The zero-order valence-electron chi connectivity index (χ0n) is 14.8. The Labute approximate surface area is 176 Å². The van der Waals surface area contributed by atoms with Crippen molar-refractivity contribution in [2.24, 2.45) is 0 Å². The van der Waals surface area contributed by atoms with E-state index in [2.05, 4.69) is 20.3 Å². The van der Waals surface area contributed by atoms with Crippen molar-refractivity contribution in [1.82, 2.24) is 15.0 Å². The van der Waals surface area contributed by atoms with Gasteiger partial charge in [-0.05, 0) is 12.1 Å². The van der Waals surface area contributed by atoms with Crippen molar-refractivity contribution in [3.8, 4) is 0 Å². The lowest BCUT2D eigenvalue weighted by molar-refractivity contribution is -0.384. The number of carbonyl (C=O) groups is 1. The molecule has 2 heterocycles. The minimum Gasteiger partial charge on any atom is -0.383 e. The molecule has 0 radical (unpaired) electrons. The third-order valence-corrected chi connectivity index (χ3v) is 7.45. The molecule has 0 saturated carbocycles. The third-order valence-electron chi connectivity index (χ3n) is 3.43. The molecule has 2 aromatic heterocycles. The molecule has 3 aromatic rings.